The number of aromatic nitrogens is 1. The third kappa shape index (κ3) is 1.42. The van der Waals surface area contributed by atoms with Gasteiger partial charge in [0.15, 0.2) is 0 Å². The van der Waals surface area contributed by atoms with Crippen molar-refractivity contribution in [3.8, 4) is 0 Å². The number of ether oxygens (including phenoxy) is 1. The molecule has 3 nitrogen and oxygen atoms in total. The fraction of sp³-hybridized carbons (Fsp3) is 0.571. The molecule has 1 aromatic rings. The van der Waals surface area contributed by atoms with E-state index in [-0.39, 0.29) is 0 Å². The molecule has 1 aliphatic heterocycles. The highest BCUT2D eigenvalue weighted by Crippen LogP contribution is 2.20. The van der Waals surface area contributed by atoms with Crippen molar-refractivity contribution in [3.63, 3.8) is 0 Å². The van der Waals surface area contributed by atoms with E-state index >= 15 is 0 Å². The Kier molecular flexibility index (Phi) is 1.89. The molecule has 1 saturated heterocycles. The van der Waals surface area contributed by atoms with Gasteiger partial charge in [-0.25, -0.2) is 4.98 Å². The smallest absolute Gasteiger partial charge is 0.112 e. The van der Waals surface area contributed by atoms with Crippen molar-refractivity contribution >= 4 is 11.3 Å². The maximum Gasteiger partial charge on any atom is 0.112 e. The zero-order valence-electron chi connectivity index (χ0n) is 6.33. The van der Waals surface area contributed by atoms with E-state index in [1.165, 1.54) is 0 Å². The number of nitrogens with one attached hydrogen (secondary N) is 1. The van der Waals surface area contributed by atoms with E-state index in [1.807, 2.05) is 6.92 Å². The predicted octanol–water partition coefficient (Wildman–Crippen LogP) is 1.07. The van der Waals surface area contributed by atoms with Crippen LogP contribution in [0.25, 0.3) is 0 Å². The van der Waals surface area contributed by atoms with Crippen LogP contribution in [0.1, 0.15) is 16.7 Å². The highest BCUT2D eigenvalue weighted by molar-refractivity contribution is 7.09. The van der Waals surface area contributed by atoms with Gasteiger partial charge in [-0.15, -0.1) is 11.3 Å². The summed E-state index contributed by atoms with van der Waals surface area (Å²) in [5.41, 5.74) is 1.10. The van der Waals surface area contributed by atoms with E-state index in [2.05, 4.69) is 15.7 Å². The van der Waals surface area contributed by atoms with Crippen LogP contribution < -0.4 is 5.32 Å². The van der Waals surface area contributed by atoms with Gasteiger partial charge in [-0.3, -0.25) is 5.32 Å². The van der Waals surface area contributed by atoms with Crippen molar-refractivity contribution in [1.82, 2.24) is 10.3 Å². The molecule has 1 N–H and O–H groups in total. The third-order valence-electron chi connectivity index (χ3n) is 1.65. The number of nitrogens with zero attached hydrogens (tertiary/aromatic N) is 1. The molecular weight excluding hydrogens is 160 g/mol. The van der Waals surface area contributed by atoms with Gasteiger partial charge in [0.2, 0.25) is 0 Å². The zero-order valence-corrected chi connectivity index (χ0v) is 7.15. The van der Waals surface area contributed by atoms with Gasteiger partial charge in [-0.1, -0.05) is 0 Å². The van der Waals surface area contributed by atoms with Gasteiger partial charge < -0.3 is 4.74 Å². The molecule has 60 valence electrons. The molecule has 0 spiro atoms. The first-order valence-electron chi connectivity index (χ1n) is 3.59. The van der Waals surface area contributed by atoms with Gasteiger partial charge in [0.25, 0.3) is 0 Å². The van der Waals surface area contributed by atoms with Crippen LogP contribution in [0.3, 0.4) is 0 Å². The molecule has 1 fully saturated rings. The number of hydrogen-bond acceptors (Lipinski definition) is 4. The molecule has 0 radical (unpaired) electrons. The van der Waals surface area contributed by atoms with Crippen LogP contribution in [-0.2, 0) is 4.74 Å². The largest absolute Gasteiger partial charge is 0.364 e. The van der Waals surface area contributed by atoms with Crippen molar-refractivity contribution in [2.24, 2.45) is 0 Å². The maximum absolute atomic E-state index is 5.18. The molecule has 0 aromatic carbocycles. The lowest BCUT2D eigenvalue weighted by Crippen LogP contribution is -2.14. The van der Waals surface area contributed by atoms with E-state index in [0.29, 0.717) is 12.8 Å². The van der Waals surface area contributed by atoms with Crippen LogP contribution in [0.2, 0.25) is 0 Å². The molecule has 0 bridgehead atoms. The highest BCUT2D eigenvalue weighted by Gasteiger charge is 2.18. The molecule has 1 aliphatic rings. The normalized spacial score (nSPS) is 24.3. The fourth-order valence-electron chi connectivity index (χ4n) is 1.09. The van der Waals surface area contributed by atoms with Crippen molar-refractivity contribution in [1.29, 1.82) is 0 Å². The molecular formula is C7H10N2OS. The zero-order chi connectivity index (χ0) is 7.68. The number of hydrogen-bond donors (Lipinski definition) is 1. The van der Waals surface area contributed by atoms with Gasteiger partial charge in [-0.05, 0) is 6.92 Å². The molecule has 0 amide bonds. The van der Waals surface area contributed by atoms with Gasteiger partial charge in [0, 0.05) is 11.1 Å². The Labute approximate surface area is 69.4 Å². The highest BCUT2D eigenvalue weighted by atomic mass is 32.1. The number of rotatable bonds is 1. The first-order chi connectivity index (χ1) is 5.36. The summed E-state index contributed by atoms with van der Waals surface area (Å²) in [4.78, 5) is 4.37. The molecule has 0 saturated carbocycles. The summed E-state index contributed by atoms with van der Waals surface area (Å²) in [6.07, 6.45) is 0. The van der Waals surface area contributed by atoms with Crippen molar-refractivity contribution in [2.45, 2.75) is 13.0 Å². The van der Waals surface area contributed by atoms with Crippen LogP contribution >= 0.6 is 11.3 Å². The van der Waals surface area contributed by atoms with E-state index in [4.69, 9.17) is 4.74 Å². The summed E-state index contributed by atoms with van der Waals surface area (Å²) >= 11 is 1.69. The Morgan fingerprint density at radius 2 is 2.73 bits per heavy atom. The standard InChI is InChI=1S/C7H10N2OS/c1-5-3-11-7(9-5)6-2-10-4-8-6/h3,6,8H,2,4H2,1H3. The Balaban J connectivity index is 2.15. The minimum atomic E-state index is 0.327. The lowest BCUT2D eigenvalue weighted by molar-refractivity contribution is 0.189. The van der Waals surface area contributed by atoms with Crippen LogP contribution in [0.5, 0.6) is 0 Å². The lowest BCUT2D eigenvalue weighted by Gasteiger charge is -2.01. The molecule has 2 heterocycles. The summed E-state index contributed by atoms with van der Waals surface area (Å²) in [5.74, 6) is 0. The van der Waals surface area contributed by atoms with Crippen LogP contribution in [0.15, 0.2) is 5.38 Å². The number of thiazole rings is 1. The molecule has 1 unspecified atom stereocenters. The lowest BCUT2D eigenvalue weighted by atomic mass is 10.3. The quantitative estimate of drug-likeness (QED) is 0.684. The van der Waals surface area contributed by atoms with E-state index in [9.17, 15) is 0 Å². The monoisotopic (exact) mass is 170 g/mol. The van der Waals surface area contributed by atoms with E-state index in [0.717, 1.165) is 17.3 Å². The fourth-order valence-corrected chi connectivity index (χ4v) is 1.94. The third-order valence-corrected chi connectivity index (χ3v) is 2.73. The Morgan fingerprint density at radius 1 is 1.82 bits per heavy atom. The van der Waals surface area contributed by atoms with E-state index < -0.39 is 0 Å². The van der Waals surface area contributed by atoms with Crippen LogP contribution in [-0.4, -0.2) is 18.3 Å². The summed E-state index contributed by atoms with van der Waals surface area (Å²) < 4.78 is 5.18. The van der Waals surface area contributed by atoms with Crippen molar-refractivity contribution in [3.05, 3.63) is 16.1 Å². The van der Waals surface area contributed by atoms with Crippen LogP contribution in [0, 0.1) is 6.92 Å². The minimum Gasteiger partial charge on any atom is -0.364 e. The first-order valence-corrected chi connectivity index (χ1v) is 4.47. The van der Waals surface area contributed by atoms with Gasteiger partial charge in [-0.2, -0.15) is 0 Å². The van der Waals surface area contributed by atoms with Crippen molar-refractivity contribution < 1.29 is 4.74 Å². The SMILES string of the molecule is Cc1csc(C2COCN2)n1. The Hall–Kier alpha value is -0.450. The van der Waals surface area contributed by atoms with Gasteiger partial charge in [0.1, 0.15) is 5.01 Å². The molecule has 1 atom stereocenters. The predicted molar refractivity (Wildman–Crippen MR) is 43.5 cm³/mol. The molecule has 0 aliphatic carbocycles. The topological polar surface area (TPSA) is 34.1 Å². The summed E-state index contributed by atoms with van der Waals surface area (Å²) in [5, 5.41) is 6.42. The summed E-state index contributed by atoms with van der Waals surface area (Å²) in [6, 6.07) is 0.327. The summed E-state index contributed by atoms with van der Waals surface area (Å²) in [7, 11) is 0. The molecule has 1 aromatic heterocycles. The average molecular weight is 170 g/mol. The second-order valence-electron chi connectivity index (χ2n) is 2.60. The second-order valence-corrected chi connectivity index (χ2v) is 3.49. The van der Waals surface area contributed by atoms with Crippen LogP contribution in [0.4, 0.5) is 0 Å². The maximum atomic E-state index is 5.18. The van der Waals surface area contributed by atoms with Crippen molar-refractivity contribution in [2.75, 3.05) is 13.3 Å². The summed E-state index contributed by atoms with van der Waals surface area (Å²) in [6.45, 7) is 3.42. The second kappa shape index (κ2) is 2.89. The van der Waals surface area contributed by atoms with E-state index in [1.54, 1.807) is 11.3 Å². The Morgan fingerprint density at radius 3 is 3.27 bits per heavy atom. The van der Waals surface area contributed by atoms with Gasteiger partial charge in [0.05, 0.1) is 19.4 Å². The molecule has 11 heavy (non-hydrogen) atoms. The van der Waals surface area contributed by atoms with Gasteiger partial charge >= 0.3 is 0 Å². The average Bonchev–Trinajstić information content (AvgIpc) is 2.55. The number of aryl methyl sites for hydroxylation is 1. The molecule has 2 rings (SSSR count). The minimum absolute atomic E-state index is 0.327. The molecule has 4 heteroatoms. The Bertz CT molecular complexity index is 242. The first kappa shape index (κ1) is 7.21.